The highest BCUT2D eigenvalue weighted by Gasteiger charge is 2.17. The molecular weight excluding hydrogens is 350 g/mol. The summed E-state index contributed by atoms with van der Waals surface area (Å²) >= 11 is 5.69. The molecule has 0 heterocycles. The van der Waals surface area contributed by atoms with Gasteiger partial charge in [-0.1, -0.05) is 23.7 Å². The molecular formula is C17H14ClNO6. The fourth-order valence-corrected chi connectivity index (χ4v) is 2.20. The normalized spacial score (nSPS) is 10.2. The Morgan fingerprint density at radius 1 is 1.16 bits per heavy atom. The molecule has 2 rings (SSSR count). The van der Waals surface area contributed by atoms with Crippen LogP contribution in [0.3, 0.4) is 0 Å². The molecule has 25 heavy (non-hydrogen) atoms. The molecule has 0 fully saturated rings. The number of ketones is 1. The van der Waals surface area contributed by atoms with E-state index in [1.807, 2.05) is 0 Å². The first-order chi connectivity index (χ1) is 11.9. The predicted molar refractivity (Wildman–Crippen MR) is 90.1 cm³/mol. The Morgan fingerprint density at radius 3 is 2.44 bits per heavy atom. The van der Waals surface area contributed by atoms with Gasteiger partial charge in [-0.25, -0.2) is 0 Å². The molecule has 0 atom stereocenters. The number of halogens is 1. The van der Waals surface area contributed by atoms with Crippen LogP contribution >= 0.6 is 11.6 Å². The molecule has 2 aromatic rings. The largest absolute Gasteiger partial charge is 0.497 e. The second kappa shape index (κ2) is 8.25. The summed E-state index contributed by atoms with van der Waals surface area (Å²) in [6.45, 7) is -0.506. The lowest BCUT2D eigenvalue weighted by Crippen LogP contribution is -2.15. The Balaban J connectivity index is 1.93. The number of carbonyl (C=O) groups excluding carboxylic acids is 2. The zero-order valence-corrected chi connectivity index (χ0v) is 14.0. The Bertz CT molecular complexity index is 803. The number of nitro benzene ring substituents is 1. The molecule has 0 aliphatic rings. The molecule has 0 spiro atoms. The SMILES string of the molecule is COc1ccc(CC(=O)OCC(=O)c2ccc(Cl)c([N+](=O)[O-])c2)cc1. The minimum atomic E-state index is -0.686. The molecule has 2 aromatic carbocycles. The molecule has 130 valence electrons. The number of rotatable bonds is 7. The van der Waals surface area contributed by atoms with Crippen LogP contribution in [0, 0.1) is 10.1 Å². The summed E-state index contributed by atoms with van der Waals surface area (Å²) in [5, 5.41) is 10.8. The first kappa shape index (κ1) is 18.4. The van der Waals surface area contributed by atoms with Crippen LogP contribution < -0.4 is 4.74 Å². The van der Waals surface area contributed by atoms with Crippen LogP contribution in [0.5, 0.6) is 5.75 Å². The zero-order valence-electron chi connectivity index (χ0n) is 13.2. The minimum absolute atomic E-state index is 0.00194. The molecule has 0 aliphatic carbocycles. The van der Waals surface area contributed by atoms with Gasteiger partial charge in [0.1, 0.15) is 10.8 Å². The van der Waals surface area contributed by atoms with Crippen molar-refractivity contribution in [3.05, 3.63) is 68.7 Å². The van der Waals surface area contributed by atoms with Crippen LogP contribution in [0.25, 0.3) is 0 Å². The minimum Gasteiger partial charge on any atom is -0.497 e. The maximum Gasteiger partial charge on any atom is 0.310 e. The van der Waals surface area contributed by atoms with Crippen LogP contribution in [0.1, 0.15) is 15.9 Å². The van der Waals surface area contributed by atoms with Crippen molar-refractivity contribution in [2.45, 2.75) is 6.42 Å². The third-order valence-corrected chi connectivity index (χ3v) is 3.66. The van der Waals surface area contributed by atoms with Crippen LogP contribution in [-0.2, 0) is 16.0 Å². The Morgan fingerprint density at radius 2 is 1.84 bits per heavy atom. The number of esters is 1. The van der Waals surface area contributed by atoms with Gasteiger partial charge in [-0.05, 0) is 29.8 Å². The molecule has 0 radical (unpaired) electrons. The highest BCUT2D eigenvalue weighted by atomic mass is 35.5. The van der Waals surface area contributed by atoms with Gasteiger partial charge in [-0.15, -0.1) is 0 Å². The van der Waals surface area contributed by atoms with Gasteiger partial charge in [0.15, 0.2) is 6.61 Å². The lowest BCUT2D eigenvalue weighted by atomic mass is 10.1. The number of ether oxygens (including phenoxy) is 2. The van der Waals surface area contributed by atoms with Crippen molar-refractivity contribution in [3.63, 3.8) is 0 Å². The lowest BCUT2D eigenvalue weighted by molar-refractivity contribution is -0.384. The first-order valence-corrected chi connectivity index (χ1v) is 7.54. The number of Topliss-reactive ketones (excluding diaryl/α,β-unsaturated/α-hetero) is 1. The van der Waals surface area contributed by atoms with Gasteiger partial charge in [0, 0.05) is 11.6 Å². The molecule has 0 unspecified atom stereocenters. The van der Waals surface area contributed by atoms with E-state index in [-0.39, 0.29) is 22.7 Å². The topological polar surface area (TPSA) is 95.7 Å². The van der Waals surface area contributed by atoms with Crippen LogP contribution in [-0.4, -0.2) is 30.4 Å². The van der Waals surface area contributed by atoms with E-state index in [2.05, 4.69) is 0 Å². The second-order valence-corrected chi connectivity index (χ2v) is 5.44. The zero-order chi connectivity index (χ0) is 18.4. The summed E-state index contributed by atoms with van der Waals surface area (Å²) < 4.78 is 9.95. The molecule has 0 amide bonds. The number of hydrogen-bond donors (Lipinski definition) is 0. The molecule has 0 bridgehead atoms. The van der Waals surface area contributed by atoms with Crippen molar-refractivity contribution in [1.82, 2.24) is 0 Å². The summed E-state index contributed by atoms with van der Waals surface area (Å²) in [5.41, 5.74) is 0.380. The van der Waals surface area contributed by atoms with Crippen molar-refractivity contribution in [3.8, 4) is 5.75 Å². The van der Waals surface area contributed by atoms with E-state index in [1.165, 1.54) is 19.2 Å². The Kier molecular flexibility index (Phi) is 6.08. The number of methoxy groups -OCH3 is 1. The Labute approximate surface area is 148 Å². The molecule has 8 heteroatoms. The van der Waals surface area contributed by atoms with Crippen molar-refractivity contribution in [2.24, 2.45) is 0 Å². The smallest absolute Gasteiger partial charge is 0.310 e. The van der Waals surface area contributed by atoms with Gasteiger partial charge in [-0.2, -0.15) is 0 Å². The van der Waals surface area contributed by atoms with Crippen LogP contribution in [0.2, 0.25) is 5.02 Å². The van der Waals surface area contributed by atoms with Gasteiger partial charge >= 0.3 is 5.97 Å². The van der Waals surface area contributed by atoms with Gasteiger partial charge in [0.25, 0.3) is 5.69 Å². The van der Waals surface area contributed by atoms with Crippen molar-refractivity contribution in [1.29, 1.82) is 0 Å². The van der Waals surface area contributed by atoms with Crippen LogP contribution in [0.4, 0.5) is 5.69 Å². The number of nitrogens with zero attached hydrogens (tertiary/aromatic N) is 1. The summed E-state index contributed by atoms with van der Waals surface area (Å²) in [6.07, 6.45) is -0.00194. The molecule has 0 N–H and O–H groups in total. The van der Waals surface area contributed by atoms with Crippen molar-refractivity contribution in [2.75, 3.05) is 13.7 Å². The van der Waals surface area contributed by atoms with E-state index in [0.717, 1.165) is 6.07 Å². The number of carbonyl (C=O) groups is 2. The summed E-state index contributed by atoms with van der Waals surface area (Å²) in [6, 6.07) is 10.5. The van der Waals surface area contributed by atoms with Gasteiger partial charge in [-0.3, -0.25) is 19.7 Å². The molecule has 0 aromatic heterocycles. The standard InChI is InChI=1S/C17H14ClNO6/c1-24-13-5-2-11(3-6-13)8-17(21)25-10-16(20)12-4-7-14(18)15(9-12)19(22)23/h2-7,9H,8,10H2,1H3. The van der Waals surface area contributed by atoms with Gasteiger partial charge < -0.3 is 9.47 Å². The quantitative estimate of drug-likeness (QED) is 0.324. The van der Waals surface area contributed by atoms with Crippen molar-refractivity contribution < 1.29 is 24.0 Å². The average Bonchev–Trinajstić information content (AvgIpc) is 2.60. The second-order valence-electron chi connectivity index (χ2n) is 5.03. The van der Waals surface area contributed by atoms with Gasteiger partial charge in [0.05, 0.1) is 18.5 Å². The Hall–Kier alpha value is -2.93. The fourth-order valence-electron chi connectivity index (χ4n) is 2.02. The summed E-state index contributed by atoms with van der Waals surface area (Å²) in [5.74, 6) is -0.471. The number of nitro groups is 1. The van der Waals surface area contributed by atoms with Crippen LogP contribution in [0.15, 0.2) is 42.5 Å². The summed E-state index contributed by atoms with van der Waals surface area (Å²) in [7, 11) is 1.54. The third kappa shape index (κ3) is 5.02. The van der Waals surface area contributed by atoms with E-state index in [9.17, 15) is 19.7 Å². The molecule has 7 nitrogen and oxygen atoms in total. The molecule has 0 saturated heterocycles. The van der Waals surface area contributed by atoms with E-state index >= 15 is 0 Å². The monoisotopic (exact) mass is 363 g/mol. The highest BCUT2D eigenvalue weighted by molar-refractivity contribution is 6.32. The van der Waals surface area contributed by atoms with E-state index < -0.39 is 23.3 Å². The predicted octanol–water partition coefficient (Wildman–Crippen LogP) is 3.23. The van der Waals surface area contributed by atoms with Gasteiger partial charge in [0.2, 0.25) is 5.78 Å². The number of hydrogen-bond acceptors (Lipinski definition) is 6. The highest BCUT2D eigenvalue weighted by Crippen LogP contribution is 2.25. The van der Waals surface area contributed by atoms with E-state index in [1.54, 1.807) is 24.3 Å². The lowest BCUT2D eigenvalue weighted by Gasteiger charge is -2.06. The first-order valence-electron chi connectivity index (χ1n) is 7.16. The van der Waals surface area contributed by atoms with E-state index in [4.69, 9.17) is 21.1 Å². The molecule has 0 saturated carbocycles. The number of benzene rings is 2. The fraction of sp³-hybridized carbons (Fsp3) is 0.176. The maximum absolute atomic E-state index is 12.0. The van der Waals surface area contributed by atoms with E-state index in [0.29, 0.717) is 11.3 Å². The third-order valence-electron chi connectivity index (χ3n) is 3.34. The maximum atomic E-state index is 12.0. The average molecular weight is 364 g/mol. The summed E-state index contributed by atoms with van der Waals surface area (Å²) in [4.78, 5) is 34.0. The van der Waals surface area contributed by atoms with Crippen molar-refractivity contribution >= 4 is 29.0 Å². The molecule has 0 aliphatic heterocycles.